The van der Waals surface area contributed by atoms with Gasteiger partial charge in [-0.25, -0.2) is 8.42 Å². The van der Waals surface area contributed by atoms with Crippen LogP contribution in [0.1, 0.15) is 44.1 Å². The Bertz CT molecular complexity index is 959. The molecular weight excluding hydrogens is 408 g/mol. The van der Waals surface area contributed by atoms with Crippen molar-refractivity contribution in [3.05, 3.63) is 30.1 Å². The Labute approximate surface area is 175 Å². The second-order valence-electron chi connectivity index (χ2n) is 8.44. The van der Waals surface area contributed by atoms with E-state index in [1.807, 2.05) is 0 Å². The fourth-order valence-electron chi connectivity index (χ4n) is 5.14. The van der Waals surface area contributed by atoms with Crippen molar-refractivity contribution < 1.29 is 22.8 Å². The van der Waals surface area contributed by atoms with Gasteiger partial charge in [-0.2, -0.15) is 4.31 Å². The van der Waals surface area contributed by atoms with E-state index in [0.29, 0.717) is 24.8 Å². The van der Waals surface area contributed by atoms with Crippen LogP contribution in [0.15, 0.2) is 24.5 Å². The molecule has 1 aliphatic carbocycles. The minimum Gasteiger partial charge on any atom is -0.369 e. The molecule has 0 bridgehead atoms. The standard InChI is InChI=1S/C20H26N4O5S/c21-18(26)20(7-2-1-3-8-20)19(27)23-10-6-15-17(23)16(25)12-24(15)30(28,29)13-14-5-4-9-22-11-14/h4-5,9,11,15,17H,1-3,6-8,10,12-13H2,(H2,21,26). The molecule has 2 aliphatic heterocycles. The van der Waals surface area contributed by atoms with Gasteiger partial charge in [0.2, 0.25) is 21.8 Å². The van der Waals surface area contributed by atoms with Gasteiger partial charge < -0.3 is 10.6 Å². The van der Waals surface area contributed by atoms with Gasteiger partial charge in [0.1, 0.15) is 11.5 Å². The molecule has 4 rings (SSSR count). The Hall–Kier alpha value is -2.33. The smallest absolute Gasteiger partial charge is 0.238 e. The molecule has 9 nitrogen and oxygen atoms in total. The summed E-state index contributed by atoms with van der Waals surface area (Å²) in [6, 6.07) is 1.88. The zero-order chi connectivity index (χ0) is 21.5. The summed E-state index contributed by atoms with van der Waals surface area (Å²) in [4.78, 5) is 43.8. The maximum Gasteiger partial charge on any atom is 0.238 e. The first kappa shape index (κ1) is 20.9. The predicted molar refractivity (Wildman–Crippen MR) is 107 cm³/mol. The number of fused-ring (bicyclic) bond motifs is 1. The molecule has 1 aromatic heterocycles. The van der Waals surface area contributed by atoms with E-state index < -0.39 is 39.3 Å². The normalized spacial score (nSPS) is 26.5. The maximum absolute atomic E-state index is 13.4. The summed E-state index contributed by atoms with van der Waals surface area (Å²) in [6.45, 7) is -0.0148. The molecule has 1 saturated carbocycles. The van der Waals surface area contributed by atoms with Crippen molar-refractivity contribution in [2.24, 2.45) is 11.1 Å². The van der Waals surface area contributed by atoms with Crippen molar-refractivity contribution in [3.63, 3.8) is 0 Å². The van der Waals surface area contributed by atoms with E-state index in [0.717, 1.165) is 19.3 Å². The number of rotatable bonds is 5. The van der Waals surface area contributed by atoms with Crippen LogP contribution in [0.2, 0.25) is 0 Å². The van der Waals surface area contributed by atoms with Crippen LogP contribution in [0, 0.1) is 5.41 Å². The monoisotopic (exact) mass is 434 g/mol. The number of hydrogen-bond acceptors (Lipinski definition) is 6. The van der Waals surface area contributed by atoms with Crippen molar-refractivity contribution in [3.8, 4) is 0 Å². The van der Waals surface area contributed by atoms with E-state index in [4.69, 9.17) is 5.73 Å². The van der Waals surface area contributed by atoms with Gasteiger partial charge in [0.25, 0.3) is 0 Å². The summed E-state index contributed by atoms with van der Waals surface area (Å²) in [5.74, 6) is -1.63. The van der Waals surface area contributed by atoms with Crippen molar-refractivity contribution in [1.82, 2.24) is 14.2 Å². The summed E-state index contributed by atoms with van der Waals surface area (Å²) in [6.07, 6.45) is 6.57. The molecule has 2 amide bonds. The quantitative estimate of drug-likeness (QED) is 0.659. The van der Waals surface area contributed by atoms with E-state index in [-0.39, 0.29) is 24.6 Å². The predicted octanol–water partition coefficient (Wildman–Crippen LogP) is 0.201. The van der Waals surface area contributed by atoms with Crippen LogP contribution >= 0.6 is 0 Å². The van der Waals surface area contributed by atoms with E-state index in [1.165, 1.54) is 15.4 Å². The number of nitrogens with two attached hydrogens (primary N) is 1. The number of carbonyl (C=O) groups excluding carboxylic acids is 3. The fourth-order valence-corrected chi connectivity index (χ4v) is 6.85. The van der Waals surface area contributed by atoms with Crippen molar-refractivity contribution >= 4 is 27.6 Å². The zero-order valence-corrected chi connectivity index (χ0v) is 17.5. The van der Waals surface area contributed by atoms with Crippen molar-refractivity contribution in [2.45, 2.75) is 56.4 Å². The molecule has 2 saturated heterocycles. The van der Waals surface area contributed by atoms with Gasteiger partial charge in [0.05, 0.1) is 18.3 Å². The number of Topliss-reactive ketones (excluding diaryl/α,β-unsaturated/α-hetero) is 1. The molecule has 0 spiro atoms. The summed E-state index contributed by atoms with van der Waals surface area (Å²) < 4.78 is 27.2. The van der Waals surface area contributed by atoms with Crippen molar-refractivity contribution in [1.29, 1.82) is 0 Å². The highest BCUT2D eigenvalue weighted by Gasteiger charge is 2.57. The SMILES string of the molecule is NC(=O)C1(C(=O)N2CCC3C2C(=O)CN3S(=O)(=O)Cc2cccnc2)CCCCC1. The molecule has 3 heterocycles. The van der Waals surface area contributed by atoms with Crippen LogP contribution in [0.3, 0.4) is 0 Å². The highest BCUT2D eigenvalue weighted by Crippen LogP contribution is 2.41. The number of primary amides is 1. The molecule has 3 aliphatic rings. The third kappa shape index (κ3) is 3.41. The van der Waals surface area contributed by atoms with Gasteiger partial charge in [0.15, 0.2) is 5.78 Å². The molecule has 2 atom stereocenters. The van der Waals surface area contributed by atoms with Crippen LogP contribution in [0.4, 0.5) is 0 Å². The van der Waals surface area contributed by atoms with Crippen LogP contribution in [0.25, 0.3) is 0 Å². The Balaban J connectivity index is 1.57. The summed E-state index contributed by atoms with van der Waals surface area (Å²) in [5.41, 5.74) is 4.90. The van der Waals surface area contributed by atoms with Gasteiger partial charge in [-0.3, -0.25) is 19.4 Å². The number of carbonyl (C=O) groups is 3. The minimum absolute atomic E-state index is 0.244. The lowest BCUT2D eigenvalue weighted by Gasteiger charge is -2.37. The average molecular weight is 435 g/mol. The summed E-state index contributed by atoms with van der Waals surface area (Å²) >= 11 is 0. The molecule has 2 N–H and O–H groups in total. The Morgan fingerprint density at radius 2 is 1.97 bits per heavy atom. The molecule has 10 heteroatoms. The number of hydrogen-bond donors (Lipinski definition) is 1. The number of likely N-dealkylation sites (tertiary alicyclic amines) is 1. The summed E-state index contributed by atoms with van der Waals surface area (Å²) in [7, 11) is -3.76. The Morgan fingerprint density at radius 3 is 2.60 bits per heavy atom. The lowest BCUT2D eigenvalue weighted by molar-refractivity contribution is -0.154. The fraction of sp³-hybridized carbons (Fsp3) is 0.600. The van der Waals surface area contributed by atoms with E-state index in [9.17, 15) is 22.8 Å². The number of pyridine rings is 1. The first-order chi connectivity index (χ1) is 14.3. The number of amides is 2. The van der Waals surface area contributed by atoms with Crippen molar-refractivity contribution in [2.75, 3.05) is 13.1 Å². The molecule has 162 valence electrons. The van der Waals surface area contributed by atoms with E-state index >= 15 is 0 Å². The molecule has 30 heavy (non-hydrogen) atoms. The average Bonchev–Trinajstić information content (AvgIpc) is 3.30. The van der Waals surface area contributed by atoms with Crippen LogP contribution in [0.5, 0.6) is 0 Å². The largest absolute Gasteiger partial charge is 0.369 e. The lowest BCUT2D eigenvalue weighted by Crippen LogP contribution is -2.55. The van der Waals surface area contributed by atoms with E-state index in [1.54, 1.807) is 18.3 Å². The van der Waals surface area contributed by atoms with Gasteiger partial charge in [-0.15, -0.1) is 0 Å². The Kier molecular flexibility index (Phi) is 5.39. The highest BCUT2D eigenvalue weighted by atomic mass is 32.2. The topological polar surface area (TPSA) is 131 Å². The first-order valence-electron chi connectivity index (χ1n) is 10.3. The Morgan fingerprint density at radius 1 is 1.23 bits per heavy atom. The van der Waals surface area contributed by atoms with Crippen LogP contribution in [-0.4, -0.2) is 65.4 Å². The molecule has 0 aromatic carbocycles. The molecule has 1 aromatic rings. The van der Waals surface area contributed by atoms with Gasteiger partial charge in [0, 0.05) is 18.9 Å². The van der Waals surface area contributed by atoms with Crippen LogP contribution in [-0.2, 0) is 30.2 Å². The number of sulfonamides is 1. The number of ketones is 1. The molecule has 2 unspecified atom stereocenters. The third-order valence-corrected chi connectivity index (χ3v) is 8.47. The van der Waals surface area contributed by atoms with Gasteiger partial charge in [-0.05, 0) is 30.9 Å². The number of nitrogens with zero attached hydrogens (tertiary/aromatic N) is 3. The number of aromatic nitrogens is 1. The molecular formula is C20H26N4O5S. The zero-order valence-electron chi connectivity index (χ0n) is 16.7. The second kappa shape index (κ2) is 7.73. The first-order valence-corrected chi connectivity index (χ1v) is 11.9. The minimum atomic E-state index is -3.76. The van der Waals surface area contributed by atoms with Gasteiger partial charge in [-0.1, -0.05) is 25.3 Å². The highest BCUT2D eigenvalue weighted by molar-refractivity contribution is 7.88. The molecule has 0 radical (unpaired) electrons. The lowest BCUT2D eigenvalue weighted by atomic mass is 9.72. The second-order valence-corrected chi connectivity index (χ2v) is 10.4. The van der Waals surface area contributed by atoms with Crippen LogP contribution < -0.4 is 5.73 Å². The maximum atomic E-state index is 13.4. The van der Waals surface area contributed by atoms with Gasteiger partial charge >= 0.3 is 0 Å². The summed E-state index contributed by atoms with van der Waals surface area (Å²) in [5, 5.41) is 0. The van der Waals surface area contributed by atoms with E-state index in [2.05, 4.69) is 4.98 Å². The third-order valence-electron chi connectivity index (χ3n) is 6.66. The molecule has 3 fully saturated rings.